The van der Waals surface area contributed by atoms with E-state index in [2.05, 4.69) is 15.2 Å². The number of halogens is 6. The third-order valence-electron chi connectivity index (χ3n) is 6.95. The highest BCUT2D eigenvalue weighted by molar-refractivity contribution is 5.96. The van der Waals surface area contributed by atoms with Gasteiger partial charge in [0, 0.05) is 12.1 Å². The van der Waals surface area contributed by atoms with Crippen molar-refractivity contribution in [3.8, 4) is 11.6 Å². The third-order valence-corrected chi connectivity index (χ3v) is 6.95. The molecule has 2 aliphatic rings. The topological polar surface area (TPSA) is 118 Å². The van der Waals surface area contributed by atoms with Crippen molar-refractivity contribution in [1.82, 2.24) is 20.1 Å². The maximum Gasteiger partial charge on any atom is 0.426 e. The minimum Gasteiger partial charge on any atom is -0.416 e. The number of nitrogens with two attached hydrogens (primary N) is 1. The largest absolute Gasteiger partial charge is 0.426 e. The summed E-state index contributed by atoms with van der Waals surface area (Å²) in [5.41, 5.74) is -2.14. The SMILES string of the molecule is CC(C)(C1CC1)N1CCCCC[C@](O)(C(F)(F)F)c2nnc(o2)-c2nc(c(C(F)(F)F)cc2N)C1=O. The van der Waals surface area contributed by atoms with Crippen LogP contribution >= 0.6 is 0 Å². The first-order valence-corrected chi connectivity index (χ1v) is 11.4. The molecule has 0 radical (unpaired) electrons. The van der Waals surface area contributed by atoms with Crippen LogP contribution in [-0.2, 0) is 11.8 Å². The predicted molar refractivity (Wildman–Crippen MR) is 113 cm³/mol. The Balaban J connectivity index is 1.92. The van der Waals surface area contributed by atoms with Gasteiger partial charge in [-0.15, -0.1) is 10.2 Å². The van der Waals surface area contributed by atoms with Crippen LogP contribution in [0.4, 0.5) is 32.0 Å². The van der Waals surface area contributed by atoms with Gasteiger partial charge in [-0.25, -0.2) is 4.98 Å². The molecule has 1 fully saturated rings. The Morgan fingerprint density at radius 2 is 1.75 bits per heavy atom. The van der Waals surface area contributed by atoms with Crippen molar-refractivity contribution in [2.45, 2.75) is 75.9 Å². The maximum atomic E-state index is 13.9. The Hall–Kier alpha value is -2.90. The molecule has 3 heterocycles. The first kappa shape index (κ1) is 26.2. The summed E-state index contributed by atoms with van der Waals surface area (Å²) in [4.78, 5) is 18.7. The summed E-state index contributed by atoms with van der Waals surface area (Å²) in [6.45, 7) is 3.47. The molecular formula is C22H25F6N5O3. The molecule has 4 rings (SSSR count). The summed E-state index contributed by atoms with van der Waals surface area (Å²) in [5.74, 6) is -2.87. The van der Waals surface area contributed by atoms with Crippen LogP contribution in [0.25, 0.3) is 11.6 Å². The van der Waals surface area contributed by atoms with Crippen molar-refractivity contribution in [2.75, 3.05) is 12.3 Å². The average Bonchev–Trinajstić information content (AvgIpc) is 3.51. The molecule has 0 unspecified atom stereocenters. The molecule has 1 saturated carbocycles. The second kappa shape index (κ2) is 8.60. The standard InChI is InChI=1S/C22H25F6N5O3/c1-19(2,11-6-7-11)33-9-5-3-4-8-20(35,22(26,27)28)18-32-31-16(36-18)15-13(29)10-12(21(23,24)25)14(30-15)17(33)34/h10-11,35H,3-9,29H2,1-2H3/t20-/m1/s1. The lowest BCUT2D eigenvalue weighted by molar-refractivity contribution is -0.277. The lowest BCUT2D eigenvalue weighted by atomic mass is 9.93. The molecule has 1 aliphatic heterocycles. The van der Waals surface area contributed by atoms with E-state index in [4.69, 9.17) is 10.2 Å². The van der Waals surface area contributed by atoms with Gasteiger partial charge < -0.3 is 20.2 Å². The fourth-order valence-electron chi connectivity index (χ4n) is 4.55. The first-order valence-electron chi connectivity index (χ1n) is 11.4. The summed E-state index contributed by atoms with van der Waals surface area (Å²) in [6.07, 6.45) is -9.18. The first-order chi connectivity index (χ1) is 16.6. The number of aliphatic hydroxyl groups is 1. The molecule has 0 aromatic carbocycles. The third kappa shape index (κ3) is 4.50. The monoisotopic (exact) mass is 521 g/mol. The highest BCUT2D eigenvalue weighted by atomic mass is 19.4. The van der Waals surface area contributed by atoms with E-state index in [0.29, 0.717) is 6.07 Å². The molecule has 0 spiro atoms. The van der Waals surface area contributed by atoms with Crippen LogP contribution in [0.1, 0.15) is 74.3 Å². The Bertz CT molecular complexity index is 1160. The summed E-state index contributed by atoms with van der Waals surface area (Å²) in [6, 6.07) is 0.476. The van der Waals surface area contributed by atoms with Gasteiger partial charge in [0.25, 0.3) is 17.7 Å². The molecule has 198 valence electrons. The van der Waals surface area contributed by atoms with E-state index in [-0.39, 0.29) is 31.7 Å². The molecule has 1 amide bonds. The van der Waals surface area contributed by atoms with Crippen molar-refractivity contribution >= 4 is 11.6 Å². The van der Waals surface area contributed by atoms with Crippen LogP contribution in [0.3, 0.4) is 0 Å². The van der Waals surface area contributed by atoms with Crippen molar-refractivity contribution < 1.29 is 40.7 Å². The fourth-order valence-corrected chi connectivity index (χ4v) is 4.55. The normalized spacial score (nSPS) is 22.5. The minimum absolute atomic E-state index is 0.0101. The number of hydrogen-bond donors (Lipinski definition) is 2. The number of nitrogen functional groups attached to an aromatic ring is 1. The van der Waals surface area contributed by atoms with Gasteiger partial charge in [-0.2, -0.15) is 26.3 Å². The summed E-state index contributed by atoms with van der Waals surface area (Å²) in [7, 11) is 0. The highest BCUT2D eigenvalue weighted by Crippen LogP contribution is 2.46. The summed E-state index contributed by atoms with van der Waals surface area (Å²) in [5, 5.41) is 17.2. The number of anilines is 1. The van der Waals surface area contributed by atoms with Gasteiger partial charge in [-0.3, -0.25) is 4.79 Å². The number of alkyl halides is 6. The Labute approximate surface area is 201 Å². The Kier molecular flexibility index (Phi) is 6.25. The van der Waals surface area contributed by atoms with Gasteiger partial charge >= 0.3 is 12.4 Å². The van der Waals surface area contributed by atoms with Crippen molar-refractivity contribution in [2.24, 2.45) is 5.92 Å². The molecule has 8 nitrogen and oxygen atoms in total. The zero-order valence-electron chi connectivity index (χ0n) is 19.5. The van der Waals surface area contributed by atoms with E-state index in [1.165, 1.54) is 4.90 Å². The molecule has 1 atom stereocenters. The number of rotatable bonds is 2. The highest BCUT2D eigenvalue weighted by Gasteiger charge is 2.58. The molecule has 4 bridgehead atoms. The number of amides is 1. The zero-order valence-corrected chi connectivity index (χ0v) is 19.5. The van der Waals surface area contributed by atoms with Crippen molar-refractivity contribution in [3.05, 3.63) is 23.2 Å². The number of nitrogens with zero attached hydrogens (tertiary/aromatic N) is 4. The van der Waals surface area contributed by atoms with Crippen LogP contribution in [-0.4, -0.2) is 49.4 Å². The van der Waals surface area contributed by atoms with E-state index in [0.717, 1.165) is 12.8 Å². The minimum atomic E-state index is -5.17. The average molecular weight is 521 g/mol. The van der Waals surface area contributed by atoms with Crippen molar-refractivity contribution in [1.29, 1.82) is 0 Å². The second-order valence-corrected chi connectivity index (χ2v) is 9.79. The lowest BCUT2D eigenvalue weighted by Crippen LogP contribution is -2.50. The molecule has 36 heavy (non-hydrogen) atoms. The van der Waals surface area contributed by atoms with Crippen molar-refractivity contribution in [3.63, 3.8) is 0 Å². The molecule has 14 heteroatoms. The van der Waals surface area contributed by atoms with Gasteiger partial charge in [0.2, 0.25) is 5.60 Å². The molecule has 3 N–H and O–H groups in total. The number of fused-ring (bicyclic) bond motifs is 5. The van der Waals surface area contributed by atoms with E-state index < -0.39 is 70.2 Å². The van der Waals surface area contributed by atoms with E-state index >= 15 is 0 Å². The second-order valence-electron chi connectivity index (χ2n) is 9.79. The fraction of sp³-hybridized carbons (Fsp3) is 0.636. The molecule has 2 aromatic heterocycles. The van der Waals surface area contributed by atoms with Crippen LogP contribution in [0.15, 0.2) is 10.5 Å². The van der Waals surface area contributed by atoms with Gasteiger partial charge in [-0.05, 0) is 57.9 Å². The smallest absolute Gasteiger partial charge is 0.416 e. The Morgan fingerprint density at radius 1 is 1.08 bits per heavy atom. The number of carbonyl (C=O) groups is 1. The molecule has 1 aliphatic carbocycles. The number of carbonyl (C=O) groups excluding carboxylic acids is 1. The van der Waals surface area contributed by atoms with Gasteiger partial charge in [-0.1, -0.05) is 6.42 Å². The van der Waals surface area contributed by atoms with Gasteiger partial charge in [0.05, 0.1) is 11.3 Å². The number of pyridine rings is 1. The van der Waals surface area contributed by atoms with Crippen LogP contribution in [0.5, 0.6) is 0 Å². The van der Waals surface area contributed by atoms with Gasteiger partial charge in [0.15, 0.2) is 5.69 Å². The van der Waals surface area contributed by atoms with Crippen LogP contribution < -0.4 is 5.73 Å². The molecular weight excluding hydrogens is 496 g/mol. The number of hydrogen-bond acceptors (Lipinski definition) is 7. The zero-order chi connectivity index (χ0) is 26.7. The van der Waals surface area contributed by atoms with E-state index in [1.807, 2.05) is 0 Å². The van der Waals surface area contributed by atoms with E-state index in [1.54, 1.807) is 13.8 Å². The lowest BCUT2D eigenvalue weighted by Gasteiger charge is -2.39. The van der Waals surface area contributed by atoms with E-state index in [9.17, 15) is 36.2 Å². The molecule has 0 saturated heterocycles. The number of aromatic nitrogens is 3. The van der Waals surface area contributed by atoms with Gasteiger partial charge in [0.1, 0.15) is 5.69 Å². The Morgan fingerprint density at radius 3 is 2.33 bits per heavy atom. The maximum absolute atomic E-state index is 13.9. The summed E-state index contributed by atoms with van der Waals surface area (Å²) >= 11 is 0. The summed E-state index contributed by atoms with van der Waals surface area (Å²) < 4.78 is 88.3. The van der Waals surface area contributed by atoms with Crippen LogP contribution in [0, 0.1) is 5.92 Å². The van der Waals surface area contributed by atoms with Crippen LogP contribution in [0.2, 0.25) is 0 Å². The molecule has 2 aromatic rings. The predicted octanol–water partition coefficient (Wildman–Crippen LogP) is 4.69. The quantitative estimate of drug-likeness (QED) is 0.551.